The van der Waals surface area contributed by atoms with Gasteiger partial charge in [-0.25, -0.2) is 9.18 Å². The summed E-state index contributed by atoms with van der Waals surface area (Å²) in [6.45, 7) is 1.92. The van der Waals surface area contributed by atoms with Gasteiger partial charge in [-0.1, -0.05) is 42.5 Å². The van der Waals surface area contributed by atoms with E-state index in [-0.39, 0.29) is 43.6 Å². The monoisotopic (exact) mass is 544 g/mol. The van der Waals surface area contributed by atoms with Crippen molar-refractivity contribution in [3.8, 4) is 5.75 Å². The molecule has 11 heteroatoms. The van der Waals surface area contributed by atoms with Crippen molar-refractivity contribution in [2.24, 2.45) is 5.73 Å². The number of ether oxygens (including phenoxy) is 3. The molecule has 0 aliphatic heterocycles. The summed E-state index contributed by atoms with van der Waals surface area (Å²) in [6.07, 6.45) is -1.91. The predicted molar refractivity (Wildman–Crippen MR) is 144 cm³/mol. The minimum atomic E-state index is -1.19. The van der Waals surface area contributed by atoms with Gasteiger partial charge in [-0.2, -0.15) is 0 Å². The van der Waals surface area contributed by atoms with Gasteiger partial charge in [0, 0.05) is 36.0 Å². The normalized spacial score (nSPS) is 11.0. The maximum atomic E-state index is 14.6. The average Bonchev–Trinajstić information content (AvgIpc) is 2.90. The molecular formula is C27H30ClFN4O5. The maximum absolute atomic E-state index is 14.6. The van der Waals surface area contributed by atoms with E-state index in [9.17, 15) is 14.0 Å². The zero-order valence-electron chi connectivity index (χ0n) is 21.0. The Labute approximate surface area is 226 Å². The van der Waals surface area contributed by atoms with Crippen molar-refractivity contribution in [2.75, 3.05) is 19.0 Å². The van der Waals surface area contributed by atoms with Gasteiger partial charge in [0.25, 0.3) is 5.91 Å². The number of amides is 2. The highest BCUT2D eigenvalue weighted by Crippen LogP contribution is 2.25. The molecule has 9 nitrogen and oxygen atoms in total. The number of nitrogen functional groups attached to an aromatic ring is 1. The van der Waals surface area contributed by atoms with Gasteiger partial charge in [0.1, 0.15) is 24.0 Å². The number of anilines is 1. The van der Waals surface area contributed by atoms with E-state index < -0.39 is 23.9 Å². The van der Waals surface area contributed by atoms with Gasteiger partial charge >= 0.3 is 6.09 Å². The molecule has 0 aliphatic rings. The van der Waals surface area contributed by atoms with Crippen LogP contribution < -0.4 is 21.1 Å². The zero-order valence-corrected chi connectivity index (χ0v) is 21.8. The van der Waals surface area contributed by atoms with Gasteiger partial charge < -0.3 is 25.3 Å². The van der Waals surface area contributed by atoms with E-state index in [1.165, 1.54) is 25.3 Å². The van der Waals surface area contributed by atoms with E-state index in [0.29, 0.717) is 22.6 Å². The van der Waals surface area contributed by atoms with Gasteiger partial charge in [0.2, 0.25) is 0 Å². The standard InChI is InChI=1S/C27H29FN4O5.ClH/c1-3-36-24(21-12-11-20(35-2)14-22(21)28)26(33)31-15-19-10-9-18(25(29)30)13-23(19)32-27(34)37-16-17-7-5-4-6-8-17;/h4-14,24H,3,15-16H2,1-2H3,(H3,29,30)(H,31,33)(H,32,34);1H. The minimum absolute atomic E-state index is 0. The number of carbonyl (C=O) groups excluding carboxylic acids is 2. The summed E-state index contributed by atoms with van der Waals surface area (Å²) in [6, 6.07) is 18.1. The number of benzene rings is 3. The first-order chi connectivity index (χ1) is 17.8. The molecule has 3 aromatic rings. The molecule has 0 fully saturated rings. The number of rotatable bonds is 11. The first-order valence-electron chi connectivity index (χ1n) is 11.5. The highest BCUT2D eigenvalue weighted by Gasteiger charge is 2.25. The molecule has 0 aliphatic carbocycles. The van der Waals surface area contributed by atoms with E-state index in [1.807, 2.05) is 30.3 Å². The number of hydrogen-bond donors (Lipinski definition) is 4. The summed E-state index contributed by atoms with van der Waals surface area (Å²) in [4.78, 5) is 25.4. The van der Waals surface area contributed by atoms with Crippen LogP contribution in [0.5, 0.6) is 5.75 Å². The van der Waals surface area contributed by atoms with Crippen LogP contribution in [0, 0.1) is 11.2 Å². The van der Waals surface area contributed by atoms with Gasteiger partial charge in [-0.3, -0.25) is 15.5 Å². The molecule has 0 saturated heterocycles. The average molecular weight is 545 g/mol. The van der Waals surface area contributed by atoms with E-state index in [0.717, 1.165) is 5.56 Å². The molecule has 0 radical (unpaired) electrons. The molecule has 0 heterocycles. The number of amidine groups is 1. The fraction of sp³-hybridized carbons (Fsp3) is 0.222. The molecule has 38 heavy (non-hydrogen) atoms. The van der Waals surface area contributed by atoms with Gasteiger partial charge in [0.05, 0.1) is 7.11 Å². The predicted octanol–water partition coefficient (Wildman–Crippen LogP) is 4.68. The Balaban J connectivity index is 0.00000507. The Hall–Kier alpha value is -4.15. The molecule has 2 amide bonds. The van der Waals surface area contributed by atoms with E-state index in [4.69, 9.17) is 25.4 Å². The summed E-state index contributed by atoms with van der Waals surface area (Å²) in [5.74, 6) is -1.08. The number of carbonyl (C=O) groups is 2. The lowest BCUT2D eigenvalue weighted by molar-refractivity contribution is -0.133. The molecule has 0 spiro atoms. The third kappa shape index (κ3) is 8.19. The van der Waals surface area contributed by atoms with Crippen LogP contribution in [0.25, 0.3) is 0 Å². The number of hydrogen-bond acceptors (Lipinski definition) is 6. The van der Waals surface area contributed by atoms with Crippen molar-refractivity contribution in [2.45, 2.75) is 26.2 Å². The van der Waals surface area contributed by atoms with E-state index in [1.54, 1.807) is 25.1 Å². The summed E-state index contributed by atoms with van der Waals surface area (Å²) < 4.78 is 30.4. The molecule has 5 N–H and O–H groups in total. The molecule has 202 valence electrons. The molecule has 0 aromatic heterocycles. The molecule has 3 aromatic carbocycles. The van der Waals surface area contributed by atoms with Crippen LogP contribution in [0.3, 0.4) is 0 Å². The minimum Gasteiger partial charge on any atom is -0.497 e. The van der Waals surface area contributed by atoms with Gasteiger partial charge in [0.15, 0.2) is 6.10 Å². The fourth-order valence-electron chi connectivity index (χ4n) is 3.48. The Bertz CT molecular complexity index is 1260. The molecule has 1 unspecified atom stereocenters. The fourth-order valence-corrected chi connectivity index (χ4v) is 3.48. The largest absolute Gasteiger partial charge is 0.497 e. The third-order valence-corrected chi connectivity index (χ3v) is 5.38. The lowest BCUT2D eigenvalue weighted by Crippen LogP contribution is -2.31. The molecule has 0 saturated carbocycles. The first-order valence-corrected chi connectivity index (χ1v) is 11.5. The van der Waals surface area contributed by atoms with Crippen LogP contribution in [0.2, 0.25) is 0 Å². The van der Waals surface area contributed by atoms with E-state index in [2.05, 4.69) is 10.6 Å². The lowest BCUT2D eigenvalue weighted by Gasteiger charge is -2.19. The zero-order chi connectivity index (χ0) is 26.8. The van der Waals surface area contributed by atoms with Crippen LogP contribution in [0.4, 0.5) is 14.9 Å². The highest BCUT2D eigenvalue weighted by atomic mass is 35.5. The smallest absolute Gasteiger partial charge is 0.411 e. The summed E-state index contributed by atoms with van der Waals surface area (Å²) >= 11 is 0. The van der Waals surface area contributed by atoms with Crippen molar-refractivity contribution in [1.82, 2.24) is 5.32 Å². The Morgan fingerprint density at radius 2 is 1.82 bits per heavy atom. The lowest BCUT2D eigenvalue weighted by atomic mass is 10.1. The van der Waals surface area contributed by atoms with Crippen LogP contribution in [0.15, 0.2) is 66.7 Å². The number of nitrogens with one attached hydrogen (secondary N) is 3. The summed E-state index contributed by atoms with van der Waals surface area (Å²) in [7, 11) is 1.42. The quantitative estimate of drug-likeness (QED) is 0.204. The molecule has 1 atom stereocenters. The highest BCUT2D eigenvalue weighted by molar-refractivity contribution is 5.97. The molecule has 3 rings (SSSR count). The van der Waals surface area contributed by atoms with Crippen molar-refractivity contribution in [3.63, 3.8) is 0 Å². The second-order valence-corrected chi connectivity index (χ2v) is 7.91. The number of methoxy groups -OCH3 is 1. The SMILES string of the molecule is CCOC(C(=O)NCc1ccc(C(=N)N)cc1NC(=O)OCc1ccccc1)c1ccc(OC)cc1F.Cl. The van der Waals surface area contributed by atoms with Crippen LogP contribution in [-0.2, 0) is 27.4 Å². The van der Waals surface area contributed by atoms with Crippen LogP contribution >= 0.6 is 12.4 Å². The number of halogens is 2. The Kier molecular flexibility index (Phi) is 11.5. The van der Waals surface area contributed by atoms with Crippen LogP contribution in [0.1, 0.15) is 35.3 Å². The maximum Gasteiger partial charge on any atom is 0.411 e. The molecular weight excluding hydrogens is 515 g/mol. The second-order valence-electron chi connectivity index (χ2n) is 7.91. The van der Waals surface area contributed by atoms with Gasteiger partial charge in [-0.05, 0) is 36.2 Å². The van der Waals surface area contributed by atoms with E-state index >= 15 is 0 Å². The van der Waals surface area contributed by atoms with Crippen molar-refractivity contribution in [1.29, 1.82) is 5.41 Å². The summed E-state index contributed by atoms with van der Waals surface area (Å²) in [5, 5.41) is 13.1. The van der Waals surface area contributed by atoms with Crippen LogP contribution in [-0.4, -0.2) is 31.6 Å². The van der Waals surface area contributed by atoms with Gasteiger partial charge in [-0.15, -0.1) is 12.4 Å². The Morgan fingerprint density at radius 1 is 1.08 bits per heavy atom. The van der Waals surface area contributed by atoms with Crippen molar-refractivity contribution >= 4 is 35.9 Å². The Morgan fingerprint density at radius 3 is 2.45 bits per heavy atom. The third-order valence-electron chi connectivity index (χ3n) is 5.38. The van der Waals surface area contributed by atoms with Crippen molar-refractivity contribution < 1.29 is 28.2 Å². The number of nitrogens with two attached hydrogens (primary N) is 1. The first kappa shape index (κ1) is 30.1. The topological polar surface area (TPSA) is 136 Å². The molecule has 0 bridgehead atoms. The second kappa shape index (κ2) is 14.6. The van der Waals surface area contributed by atoms with Crippen molar-refractivity contribution in [3.05, 3.63) is 94.8 Å². The summed E-state index contributed by atoms with van der Waals surface area (Å²) in [5.41, 5.74) is 7.67.